The van der Waals surface area contributed by atoms with E-state index in [-0.39, 0.29) is 25.7 Å². The van der Waals surface area contributed by atoms with Crippen molar-refractivity contribution in [3.63, 3.8) is 0 Å². The lowest BCUT2D eigenvalue weighted by atomic mass is 9.92. The highest BCUT2D eigenvalue weighted by Crippen LogP contribution is 2.25. The Morgan fingerprint density at radius 1 is 1.33 bits per heavy atom. The van der Waals surface area contributed by atoms with Gasteiger partial charge in [0.2, 0.25) is 5.91 Å². The number of carbonyl (C=O) groups excluding carboxylic acids is 1. The van der Waals surface area contributed by atoms with Crippen molar-refractivity contribution in [3.05, 3.63) is 28.2 Å². The molecule has 0 bridgehead atoms. The second-order valence-corrected chi connectivity index (χ2v) is 6.32. The molecule has 0 saturated carbocycles. The molecule has 7 heteroatoms. The quantitative estimate of drug-likeness (QED) is 0.711. The van der Waals surface area contributed by atoms with Crippen molar-refractivity contribution >= 4 is 34.8 Å². The summed E-state index contributed by atoms with van der Waals surface area (Å²) in [6, 6.07) is 4.82. The molecule has 1 aromatic rings. The van der Waals surface area contributed by atoms with Gasteiger partial charge in [0, 0.05) is 17.0 Å². The molecule has 0 aliphatic heterocycles. The van der Waals surface area contributed by atoms with E-state index in [1.165, 1.54) is 0 Å². The van der Waals surface area contributed by atoms with Crippen molar-refractivity contribution < 1.29 is 15.0 Å². The number of nitrogens with zero attached hydrogens (tertiary/aromatic N) is 1. The van der Waals surface area contributed by atoms with Gasteiger partial charge in [-0.3, -0.25) is 9.69 Å². The summed E-state index contributed by atoms with van der Waals surface area (Å²) in [5, 5.41) is 22.1. The minimum Gasteiger partial charge on any atom is -0.396 e. The molecule has 0 radical (unpaired) electrons. The molecule has 0 atom stereocenters. The Hall–Kier alpha value is -0.850. The first-order valence-corrected chi connectivity index (χ1v) is 7.20. The van der Waals surface area contributed by atoms with Gasteiger partial charge in [-0.05, 0) is 25.2 Å². The van der Waals surface area contributed by atoms with E-state index in [4.69, 9.17) is 23.2 Å². The van der Waals surface area contributed by atoms with E-state index in [1.807, 2.05) is 0 Å². The van der Waals surface area contributed by atoms with Crippen molar-refractivity contribution in [1.29, 1.82) is 0 Å². The molecule has 0 spiro atoms. The number of nitrogens with one attached hydrogen (secondary N) is 1. The highest BCUT2D eigenvalue weighted by molar-refractivity contribution is 6.35. The molecular weight excluding hydrogens is 315 g/mol. The minimum atomic E-state index is -0.650. The van der Waals surface area contributed by atoms with Crippen LogP contribution in [0.4, 0.5) is 5.69 Å². The van der Waals surface area contributed by atoms with E-state index in [0.29, 0.717) is 22.3 Å². The van der Waals surface area contributed by atoms with Gasteiger partial charge < -0.3 is 15.5 Å². The number of amides is 1. The van der Waals surface area contributed by atoms with Crippen LogP contribution in [0.15, 0.2) is 18.2 Å². The molecular formula is C14H20Cl2N2O3. The molecule has 0 heterocycles. The molecule has 21 heavy (non-hydrogen) atoms. The Balaban J connectivity index is 2.59. The minimum absolute atomic E-state index is 0.110. The number of hydrogen-bond acceptors (Lipinski definition) is 4. The molecule has 1 aromatic carbocycles. The van der Waals surface area contributed by atoms with Gasteiger partial charge in [-0.1, -0.05) is 30.1 Å². The second kappa shape index (κ2) is 7.96. The second-order valence-electron chi connectivity index (χ2n) is 5.47. The average molecular weight is 335 g/mol. The van der Waals surface area contributed by atoms with E-state index in [2.05, 4.69) is 5.32 Å². The molecule has 0 unspecified atom stereocenters. The lowest BCUT2D eigenvalue weighted by Crippen LogP contribution is -2.41. The lowest BCUT2D eigenvalue weighted by Gasteiger charge is -2.29. The van der Waals surface area contributed by atoms with Crippen molar-refractivity contribution in [3.8, 4) is 0 Å². The number of aliphatic hydroxyl groups is 2. The highest BCUT2D eigenvalue weighted by Gasteiger charge is 2.25. The Labute approximate surface area is 134 Å². The Bertz CT molecular complexity index is 493. The normalized spacial score (nSPS) is 11.8. The van der Waals surface area contributed by atoms with Crippen LogP contribution in [0.1, 0.15) is 6.92 Å². The molecule has 0 aromatic heterocycles. The Morgan fingerprint density at radius 3 is 2.52 bits per heavy atom. The smallest absolute Gasteiger partial charge is 0.238 e. The fourth-order valence-corrected chi connectivity index (χ4v) is 2.22. The first kappa shape index (κ1) is 18.2. The lowest BCUT2D eigenvalue weighted by molar-refractivity contribution is -0.117. The summed E-state index contributed by atoms with van der Waals surface area (Å²) >= 11 is 11.8. The number of halogens is 2. The van der Waals surface area contributed by atoms with Crippen LogP contribution in [0, 0.1) is 5.41 Å². The highest BCUT2D eigenvalue weighted by atomic mass is 35.5. The van der Waals surface area contributed by atoms with Crippen LogP contribution in [0.5, 0.6) is 0 Å². The topological polar surface area (TPSA) is 72.8 Å². The van der Waals surface area contributed by atoms with Crippen molar-refractivity contribution in [1.82, 2.24) is 4.90 Å². The van der Waals surface area contributed by atoms with Crippen LogP contribution in [0.25, 0.3) is 0 Å². The van der Waals surface area contributed by atoms with Crippen LogP contribution in [-0.2, 0) is 4.79 Å². The molecule has 0 aliphatic carbocycles. The SMILES string of the molecule is CN(CC(=O)Nc1cc(Cl)ccc1Cl)CC(C)(CO)CO. The predicted molar refractivity (Wildman–Crippen MR) is 84.9 cm³/mol. The molecule has 0 aliphatic rings. The molecule has 0 saturated heterocycles. The number of carbonyl (C=O) groups is 1. The van der Waals surface area contributed by atoms with Gasteiger partial charge in [-0.25, -0.2) is 0 Å². The monoisotopic (exact) mass is 334 g/mol. The maximum Gasteiger partial charge on any atom is 0.238 e. The van der Waals surface area contributed by atoms with E-state index < -0.39 is 5.41 Å². The molecule has 3 N–H and O–H groups in total. The van der Waals surface area contributed by atoms with Gasteiger partial charge in [0.25, 0.3) is 0 Å². The van der Waals surface area contributed by atoms with Gasteiger partial charge in [0.15, 0.2) is 0 Å². The van der Waals surface area contributed by atoms with E-state index in [1.54, 1.807) is 37.1 Å². The van der Waals surface area contributed by atoms with Gasteiger partial charge in [0.1, 0.15) is 0 Å². The third kappa shape index (κ3) is 5.80. The predicted octanol–water partition coefficient (Wildman–Crippen LogP) is 1.85. The van der Waals surface area contributed by atoms with E-state index >= 15 is 0 Å². The Kier molecular flexibility index (Phi) is 6.90. The van der Waals surface area contributed by atoms with Gasteiger partial charge in [-0.2, -0.15) is 0 Å². The molecule has 5 nitrogen and oxygen atoms in total. The summed E-state index contributed by atoms with van der Waals surface area (Å²) in [5.74, 6) is -0.250. The Morgan fingerprint density at radius 2 is 1.95 bits per heavy atom. The van der Waals surface area contributed by atoms with E-state index in [0.717, 1.165) is 0 Å². The summed E-state index contributed by atoms with van der Waals surface area (Å²) in [5.41, 5.74) is -0.197. The number of aliphatic hydroxyl groups excluding tert-OH is 2. The largest absolute Gasteiger partial charge is 0.396 e. The van der Waals surface area contributed by atoms with E-state index in [9.17, 15) is 15.0 Å². The van der Waals surface area contributed by atoms with Crippen molar-refractivity contribution in [2.45, 2.75) is 6.92 Å². The maximum absolute atomic E-state index is 12.0. The summed E-state index contributed by atoms with van der Waals surface area (Å²) in [4.78, 5) is 13.7. The summed E-state index contributed by atoms with van der Waals surface area (Å²) in [7, 11) is 1.74. The molecule has 1 rings (SSSR count). The van der Waals surface area contributed by atoms with Crippen LogP contribution >= 0.6 is 23.2 Å². The average Bonchev–Trinajstić information content (AvgIpc) is 2.42. The standard InChI is InChI=1S/C14H20Cl2N2O3/c1-14(8-19,9-20)7-18(2)6-13(21)17-12-5-10(15)3-4-11(12)16/h3-5,19-20H,6-9H2,1-2H3,(H,17,21). The van der Waals surface area contributed by atoms with Crippen molar-refractivity contribution in [2.24, 2.45) is 5.41 Å². The van der Waals surface area contributed by atoms with Gasteiger partial charge >= 0.3 is 0 Å². The van der Waals surface area contributed by atoms with Crippen LogP contribution in [0.2, 0.25) is 10.0 Å². The van der Waals surface area contributed by atoms with Crippen LogP contribution < -0.4 is 5.32 Å². The zero-order chi connectivity index (χ0) is 16.0. The summed E-state index contributed by atoms with van der Waals surface area (Å²) < 4.78 is 0. The third-order valence-corrected chi connectivity index (χ3v) is 3.60. The van der Waals surface area contributed by atoms with Gasteiger partial charge in [-0.15, -0.1) is 0 Å². The number of benzene rings is 1. The number of rotatable bonds is 7. The molecule has 0 fully saturated rings. The number of hydrogen-bond donors (Lipinski definition) is 3. The molecule has 1 amide bonds. The van der Waals surface area contributed by atoms with Crippen molar-refractivity contribution in [2.75, 3.05) is 38.7 Å². The zero-order valence-corrected chi connectivity index (χ0v) is 13.6. The zero-order valence-electron chi connectivity index (χ0n) is 12.1. The first-order valence-electron chi connectivity index (χ1n) is 6.45. The number of anilines is 1. The molecule has 118 valence electrons. The third-order valence-electron chi connectivity index (χ3n) is 3.03. The summed E-state index contributed by atoms with van der Waals surface area (Å²) in [6.45, 7) is 1.93. The fourth-order valence-electron chi connectivity index (χ4n) is 1.89. The number of likely N-dealkylation sites (N-methyl/N-ethyl adjacent to an activating group) is 1. The van der Waals surface area contributed by atoms with Crippen LogP contribution in [0.3, 0.4) is 0 Å². The van der Waals surface area contributed by atoms with Crippen LogP contribution in [-0.4, -0.2) is 54.4 Å². The first-order chi connectivity index (χ1) is 9.79. The maximum atomic E-state index is 12.0. The fraction of sp³-hybridized carbons (Fsp3) is 0.500. The van der Waals surface area contributed by atoms with Gasteiger partial charge in [0.05, 0.1) is 30.5 Å². The summed E-state index contributed by atoms with van der Waals surface area (Å²) in [6.07, 6.45) is 0.